The highest BCUT2D eigenvalue weighted by molar-refractivity contribution is 9.10. The first-order valence-electron chi connectivity index (χ1n) is 5.93. The molecule has 106 valence electrons. The molecule has 8 heteroatoms. The van der Waals surface area contributed by atoms with Gasteiger partial charge in [-0.1, -0.05) is 0 Å². The monoisotopic (exact) mass is 339 g/mol. The maximum Gasteiger partial charge on any atom is 0.251 e. The lowest BCUT2D eigenvalue weighted by Crippen LogP contribution is -2.33. The highest BCUT2D eigenvalue weighted by Crippen LogP contribution is 2.05. The number of carbonyl (C=O) groups is 1. The zero-order chi connectivity index (χ0) is 14.7. The Bertz CT molecular complexity index is 678. The Hall–Kier alpha value is -1.96. The minimum Gasteiger partial charge on any atom is -0.337 e. The third-order valence-corrected chi connectivity index (χ3v) is 3.17. The molecule has 0 spiro atoms. The number of halogens is 1. The third-order valence-electron chi connectivity index (χ3n) is 2.70. The molecule has 0 bridgehead atoms. The largest absolute Gasteiger partial charge is 0.337 e. The Morgan fingerprint density at radius 2 is 2.25 bits per heavy atom. The van der Waals surface area contributed by atoms with E-state index in [4.69, 9.17) is 0 Å². The van der Waals surface area contributed by atoms with Gasteiger partial charge in [0.15, 0.2) is 5.82 Å². The van der Waals surface area contributed by atoms with Crippen LogP contribution in [0.1, 0.15) is 11.6 Å². The van der Waals surface area contributed by atoms with Crippen LogP contribution in [-0.2, 0) is 17.9 Å². The van der Waals surface area contributed by atoms with E-state index in [-0.39, 0.29) is 18.0 Å². The number of amides is 1. The molecule has 0 aliphatic carbocycles. The molecule has 2 aromatic heterocycles. The average molecular weight is 340 g/mol. The SMILES string of the molecule is Cc1nc(CN(C)C(=O)Cn2cc(Br)ccc2=O)n[nH]1. The predicted molar refractivity (Wildman–Crippen MR) is 76.0 cm³/mol. The number of aromatic amines is 1. The van der Waals surface area contributed by atoms with Crippen molar-refractivity contribution in [1.82, 2.24) is 24.6 Å². The van der Waals surface area contributed by atoms with E-state index in [2.05, 4.69) is 31.1 Å². The molecule has 0 radical (unpaired) electrons. The second kappa shape index (κ2) is 6.00. The summed E-state index contributed by atoms with van der Waals surface area (Å²) >= 11 is 3.27. The summed E-state index contributed by atoms with van der Waals surface area (Å²) in [5.41, 5.74) is -0.219. The van der Waals surface area contributed by atoms with Crippen LogP contribution in [0.25, 0.3) is 0 Å². The van der Waals surface area contributed by atoms with Crippen LogP contribution in [0.4, 0.5) is 0 Å². The molecule has 0 aliphatic heterocycles. The summed E-state index contributed by atoms with van der Waals surface area (Å²) in [5.74, 6) is 1.05. The summed E-state index contributed by atoms with van der Waals surface area (Å²) in [7, 11) is 1.65. The van der Waals surface area contributed by atoms with Crippen LogP contribution in [0.5, 0.6) is 0 Å². The maximum absolute atomic E-state index is 12.1. The summed E-state index contributed by atoms with van der Waals surface area (Å²) in [5, 5.41) is 6.69. The number of rotatable bonds is 4. The summed E-state index contributed by atoms with van der Waals surface area (Å²) in [6, 6.07) is 3.05. The summed E-state index contributed by atoms with van der Waals surface area (Å²) in [4.78, 5) is 29.3. The Balaban J connectivity index is 2.04. The van der Waals surface area contributed by atoms with Crippen molar-refractivity contribution in [2.24, 2.45) is 0 Å². The summed E-state index contributed by atoms with van der Waals surface area (Å²) in [6.07, 6.45) is 1.59. The molecule has 0 saturated heterocycles. The molecule has 1 amide bonds. The number of nitrogens with one attached hydrogen (secondary N) is 1. The Kier molecular flexibility index (Phi) is 4.33. The smallest absolute Gasteiger partial charge is 0.251 e. The standard InChI is InChI=1S/C12H14BrN5O2/c1-8-14-10(16-15-8)6-17(2)12(20)7-18-5-9(13)3-4-11(18)19/h3-5H,6-7H2,1-2H3,(H,14,15,16). The summed E-state index contributed by atoms with van der Waals surface area (Å²) in [6.45, 7) is 2.07. The van der Waals surface area contributed by atoms with Crippen LogP contribution >= 0.6 is 15.9 Å². The van der Waals surface area contributed by atoms with Crippen molar-refractivity contribution in [3.63, 3.8) is 0 Å². The number of nitrogens with zero attached hydrogens (tertiary/aromatic N) is 4. The van der Waals surface area contributed by atoms with E-state index in [1.165, 1.54) is 15.5 Å². The van der Waals surface area contributed by atoms with Crippen LogP contribution in [0.3, 0.4) is 0 Å². The predicted octanol–water partition coefficient (Wildman–Crippen LogP) is 0.696. The Labute approximate surface area is 123 Å². The highest BCUT2D eigenvalue weighted by Gasteiger charge is 2.13. The van der Waals surface area contributed by atoms with Crippen LogP contribution in [-0.4, -0.2) is 37.6 Å². The first-order chi connectivity index (χ1) is 9.45. The Morgan fingerprint density at radius 1 is 1.50 bits per heavy atom. The fourth-order valence-corrected chi connectivity index (χ4v) is 2.03. The maximum atomic E-state index is 12.1. The fraction of sp³-hybridized carbons (Fsp3) is 0.333. The van der Waals surface area contributed by atoms with Gasteiger partial charge >= 0.3 is 0 Å². The zero-order valence-electron chi connectivity index (χ0n) is 11.1. The third kappa shape index (κ3) is 3.53. The second-order valence-electron chi connectivity index (χ2n) is 4.40. The molecule has 0 atom stereocenters. The lowest BCUT2D eigenvalue weighted by Gasteiger charge is -2.16. The molecule has 0 aliphatic rings. The van der Waals surface area contributed by atoms with Crippen molar-refractivity contribution in [3.05, 3.63) is 44.8 Å². The molecule has 20 heavy (non-hydrogen) atoms. The minimum absolute atomic E-state index is 0.0157. The van der Waals surface area contributed by atoms with Crippen molar-refractivity contribution < 1.29 is 4.79 Å². The fourth-order valence-electron chi connectivity index (χ4n) is 1.65. The van der Waals surface area contributed by atoms with Crippen molar-refractivity contribution in [2.75, 3.05) is 7.05 Å². The minimum atomic E-state index is -0.219. The Morgan fingerprint density at radius 3 is 2.90 bits per heavy atom. The number of aromatic nitrogens is 4. The van der Waals surface area contributed by atoms with Crippen LogP contribution < -0.4 is 5.56 Å². The van der Waals surface area contributed by atoms with E-state index in [1.807, 2.05) is 0 Å². The second-order valence-corrected chi connectivity index (χ2v) is 5.32. The van der Waals surface area contributed by atoms with Gasteiger partial charge in [-0.15, -0.1) is 0 Å². The molecule has 2 heterocycles. The van der Waals surface area contributed by atoms with Gasteiger partial charge in [-0.3, -0.25) is 14.7 Å². The van der Waals surface area contributed by atoms with Crippen LogP contribution in [0.2, 0.25) is 0 Å². The van der Waals surface area contributed by atoms with E-state index in [0.717, 1.165) is 4.47 Å². The van der Waals surface area contributed by atoms with Gasteiger partial charge in [0.05, 0.1) is 6.54 Å². The first kappa shape index (κ1) is 14.4. The van der Waals surface area contributed by atoms with Gasteiger partial charge < -0.3 is 9.47 Å². The van der Waals surface area contributed by atoms with E-state index in [1.54, 1.807) is 26.2 Å². The topological polar surface area (TPSA) is 83.9 Å². The van der Waals surface area contributed by atoms with Gasteiger partial charge in [0.25, 0.3) is 5.56 Å². The molecular formula is C12H14BrN5O2. The van der Waals surface area contributed by atoms with Gasteiger partial charge in [0.2, 0.25) is 5.91 Å². The molecule has 2 aromatic rings. The van der Waals surface area contributed by atoms with Crippen molar-refractivity contribution in [2.45, 2.75) is 20.0 Å². The molecular weight excluding hydrogens is 326 g/mol. The lowest BCUT2D eigenvalue weighted by atomic mass is 10.4. The first-order valence-corrected chi connectivity index (χ1v) is 6.73. The number of hydrogen-bond acceptors (Lipinski definition) is 4. The summed E-state index contributed by atoms with van der Waals surface area (Å²) < 4.78 is 2.10. The molecule has 0 unspecified atom stereocenters. The lowest BCUT2D eigenvalue weighted by molar-refractivity contribution is -0.131. The van der Waals surface area contributed by atoms with Crippen molar-refractivity contribution in [1.29, 1.82) is 0 Å². The van der Waals surface area contributed by atoms with E-state index in [9.17, 15) is 9.59 Å². The molecule has 0 aromatic carbocycles. The number of carbonyl (C=O) groups excluding carboxylic acids is 1. The van der Waals surface area contributed by atoms with Crippen molar-refractivity contribution in [3.8, 4) is 0 Å². The van der Waals surface area contributed by atoms with E-state index in [0.29, 0.717) is 18.2 Å². The molecule has 0 saturated carbocycles. The van der Waals surface area contributed by atoms with Gasteiger partial charge in [0, 0.05) is 23.8 Å². The van der Waals surface area contributed by atoms with Gasteiger partial charge in [0.1, 0.15) is 12.4 Å². The quantitative estimate of drug-likeness (QED) is 0.888. The van der Waals surface area contributed by atoms with Gasteiger partial charge in [-0.2, -0.15) is 5.10 Å². The number of pyridine rings is 1. The molecule has 2 rings (SSSR count). The molecule has 0 fully saturated rings. The normalized spacial score (nSPS) is 10.6. The van der Waals surface area contributed by atoms with Crippen LogP contribution in [0, 0.1) is 6.92 Å². The average Bonchev–Trinajstić information content (AvgIpc) is 2.79. The zero-order valence-corrected chi connectivity index (χ0v) is 12.7. The number of aryl methyl sites for hydroxylation is 1. The van der Waals surface area contributed by atoms with Gasteiger partial charge in [-0.05, 0) is 28.9 Å². The number of likely N-dealkylation sites (N-methyl/N-ethyl adjacent to an activating group) is 1. The van der Waals surface area contributed by atoms with E-state index >= 15 is 0 Å². The van der Waals surface area contributed by atoms with Gasteiger partial charge in [-0.25, -0.2) is 4.98 Å². The molecule has 1 N–H and O–H groups in total. The molecule has 7 nitrogen and oxygen atoms in total. The van der Waals surface area contributed by atoms with E-state index < -0.39 is 0 Å². The van der Waals surface area contributed by atoms with Crippen molar-refractivity contribution >= 4 is 21.8 Å². The van der Waals surface area contributed by atoms with Crippen LogP contribution in [0.15, 0.2) is 27.6 Å². The highest BCUT2D eigenvalue weighted by atomic mass is 79.9. The number of hydrogen-bond donors (Lipinski definition) is 1. The number of H-pyrrole nitrogens is 1.